The number of nitro benzene ring substituents is 1. The van der Waals surface area contributed by atoms with Gasteiger partial charge in [0.05, 0.1) is 17.7 Å². The van der Waals surface area contributed by atoms with Crippen molar-refractivity contribution in [3.63, 3.8) is 0 Å². The number of methoxy groups -OCH3 is 1. The maximum Gasteiger partial charge on any atom is 0.269 e. The highest BCUT2D eigenvalue weighted by Gasteiger charge is 2.19. The second-order valence-electron chi connectivity index (χ2n) is 8.11. The zero-order chi connectivity index (χ0) is 23.9. The van der Waals surface area contributed by atoms with Gasteiger partial charge in [-0.3, -0.25) is 19.8 Å². The number of amides is 1. The van der Waals surface area contributed by atoms with Crippen molar-refractivity contribution < 1.29 is 14.5 Å². The van der Waals surface area contributed by atoms with Gasteiger partial charge in [-0.2, -0.15) is 0 Å². The van der Waals surface area contributed by atoms with Crippen molar-refractivity contribution in [2.24, 2.45) is 0 Å². The fourth-order valence-corrected chi connectivity index (χ4v) is 4.60. The van der Waals surface area contributed by atoms with Crippen LogP contribution in [0.2, 0.25) is 0 Å². The van der Waals surface area contributed by atoms with Crippen LogP contribution in [-0.2, 0) is 11.3 Å². The molecule has 0 saturated carbocycles. The Kier molecular flexibility index (Phi) is 7.84. The van der Waals surface area contributed by atoms with Crippen LogP contribution in [0.25, 0.3) is 11.3 Å². The number of hydrogen-bond acceptors (Lipinski definition) is 8. The quantitative estimate of drug-likeness (QED) is 0.366. The van der Waals surface area contributed by atoms with E-state index in [0.29, 0.717) is 24.6 Å². The molecule has 4 rings (SSSR count). The number of anilines is 1. The average Bonchev–Trinajstić information content (AvgIpc) is 3.32. The zero-order valence-corrected chi connectivity index (χ0v) is 19.8. The van der Waals surface area contributed by atoms with Crippen LogP contribution < -0.4 is 10.1 Å². The van der Waals surface area contributed by atoms with Crippen molar-refractivity contribution in [3.8, 4) is 17.0 Å². The Balaban J connectivity index is 1.19. The molecule has 1 saturated heterocycles. The Morgan fingerprint density at radius 3 is 2.59 bits per heavy atom. The molecule has 0 bridgehead atoms. The van der Waals surface area contributed by atoms with Gasteiger partial charge in [0.1, 0.15) is 5.75 Å². The molecule has 10 heteroatoms. The van der Waals surface area contributed by atoms with E-state index in [1.165, 1.54) is 17.4 Å². The minimum absolute atomic E-state index is 0.0466. The summed E-state index contributed by atoms with van der Waals surface area (Å²) in [5.74, 6) is 0.743. The van der Waals surface area contributed by atoms with Gasteiger partial charge in [-0.05, 0) is 29.8 Å². The van der Waals surface area contributed by atoms with E-state index in [0.717, 1.165) is 48.7 Å². The smallest absolute Gasteiger partial charge is 0.269 e. The van der Waals surface area contributed by atoms with Gasteiger partial charge >= 0.3 is 0 Å². The molecule has 3 aromatic rings. The highest BCUT2D eigenvalue weighted by atomic mass is 32.1. The lowest BCUT2D eigenvalue weighted by molar-refractivity contribution is -0.384. The zero-order valence-electron chi connectivity index (χ0n) is 19.0. The molecule has 1 amide bonds. The number of ether oxygens (including phenoxy) is 1. The highest BCUT2D eigenvalue weighted by Crippen LogP contribution is 2.26. The van der Waals surface area contributed by atoms with Gasteiger partial charge in [0.15, 0.2) is 5.13 Å². The number of nitro groups is 1. The molecule has 0 radical (unpaired) electrons. The Bertz CT molecular complexity index is 1130. The summed E-state index contributed by atoms with van der Waals surface area (Å²) < 4.78 is 5.18. The number of carbonyl (C=O) groups is 1. The van der Waals surface area contributed by atoms with Crippen molar-refractivity contribution in [1.29, 1.82) is 0 Å². The number of non-ortho nitro benzene ring substituents is 1. The van der Waals surface area contributed by atoms with Crippen molar-refractivity contribution >= 4 is 28.1 Å². The van der Waals surface area contributed by atoms with Crippen molar-refractivity contribution in [2.75, 3.05) is 45.2 Å². The molecule has 0 atom stereocenters. The van der Waals surface area contributed by atoms with Gasteiger partial charge in [-0.25, -0.2) is 4.98 Å². The monoisotopic (exact) mass is 481 g/mol. The van der Waals surface area contributed by atoms with E-state index in [1.807, 2.05) is 35.7 Å². The van der Waals surface area contributed by atoms with E-state index >= 15 is 0 Å². The first kappa shape index (κ1) is 23.8. The second kappa shape index (κ2) is 11.2. The third kappa shape index (κ3) is 6.37. The first-order valence-corrected chi connectivity index (χ1v) is 12.0. The number of carbonyl (C=O) groups excluding carboxylic acids is 1. The summed E-state index contributed by atoms with van der Waals surface area (Å²) in [5.41, 5.74) is 2.86. The molecule has 0 spiro atoms. The molecular formula is C24H27N5O4S. The van der Waals surface area contributed by atoms with Crippen molar-refractivity contribution in [3.05, 3.63) is 69.6 Å². The van der Waals surface area contributed by atoms with Crippen LogP contribution in [0.4, 0.5) is 10.8 Å². The minimum atomic E-state index is -0.363. The van der Waals surface area contributed by atoms with Gasteiger partial charge in [0.2, 0.25) is 5.91 Å². The fourth-order valence-electron chi connectivity index (χ4n) is 3.86. The Hall–Kier alpha value is -3.34. The maximum atomic E-state index is 12.4. The van der Waals surface area contributed by atoms with E-state index in [-0.39, 0.29) is 16.5 Å². The predicted molar refractivity (Wildman–Crippen MR) is 132 cm³/mol. The molecule has 178 valence electrons. The summed E-state index contributed by atoms with van der Waals surface area (Å²) in [6.07, 6.45) is 0.405. The largest absolute Gasteiger partial charge is 0.497 e. The number of benzene rings is 2. The summed E-state index contributed by atoms with van der Waals surface area (Å²) in [6, 6.07) is 14.4. The summed E-state index contributed by atoms with van der Waals surface area (Å²) >= 11 is 1.41. The lowest BCUT2D eigenvalue weighted by Crippen LogP contribution is -2.46. The molecule has 2 heterocycles. The molecule has 0 unspecified atom stereocenters. The van der Waals surface area contributed by atoms with Crippen LogP contribution in [0.15, 0.2) is 53.9 Å². The lowest BCUT2D eigenvalue weighted by Gasteiger charge is -2.34. The summed E-state index contributed by atoms with van der Waals surface area (Å²) in [6.45, 7) is 4.83. The Labute approximate surface area is 202 Å². The van der Waals surface area contributed by atoms with Gasteiger partial charge in [-0.1, -0.05) is 12.1 Å². The number of aromatic nitrogens is 1. The van der Waals surface area contributed by atoms with Crippen LogP contribution >= 0.6 is 11.3 Å². The van der Waals surface area contributed by atoms with Gasteiger partial charge in [0, 0.05) is 68.8 Å². The van der Waals surface area contributed by atoms with Crippen LogP contribution in [0.5, 0.6) is 5.75 Å². The maximum absolute atomic E-state index is 12.4. The van der Waals surface area contributed by atoms with Crippen LogP contribution in [-0.4, -0.2) is 65.4 Å². The summed E-state index contributed by atoms with van der Waals surface area (Å²) in [4.78, 5) is 32.1. The van der Waals surface area contributed by atoms with Gasteiger partial charge in [-0.15, -0.1) is 11.3 Å². The Morgan fingerprint density at radius 2 is 1.88 bits per heavy atom. The predicted octanol–water partition coefficient (Wildman–Crippen LogP) is 3.87. The molecule has 34 heavy (non-hydrogen) atoms. The van der Waals surface area contributed by atoms with E-state index in [4.69, 9.17) is 4.74 Å². The third-order valence-corrected chi connectivity index (χ3v) is 6.54. The number of piperazine rings is 1. The third-order valence-electron chi connectivity index (χ3n) is 5.78. The van der Waals surface area contributed by atoms with E-state index < -0.39 is 0 Å². The molecule has 9 nitrogen and oxygen atoms in total. The molecule has 0 aliphatic carbocycles. The first-order chi connectivity index (χ1) is 16.5. The molecule has 1 aliphatic heterocycles. The van der Waals surface area contributed by atoms with E-state index in [9.17, 15) is 14.9 Å². The van der Waals surface area contributed by atoms with Crippen molar-refractivity contribution in [2.45, 2.75) is 13.0 Å². The number of hydrogen-bond donors (Lipinski definition) is 1. The number of rotatable bonds is 9. The number of thiazole rings is 1. The molecule has 1 aromatic heterocycles. The fraction of sp³-hybridized carbons (Fsp3) is 0.333. The molecular weight excluding hydrogens is 454 g/mol. The standard InChI is InChI=1S/C24H27N5O4S/c1-33-21-7-5-19(6-8-21)22-17-34-24(25-22)26-23(30)9-10-27-11-13-28(14-12-27)16-18-3-2-4-20(15-18)29(31)32/h2-8,15,17H,9-14,16H2,1H3,(H,25,26,30). The van der Waals surface area contributed by atoms with Gasteiger partial charge in [0.25, 0.3) is 5.69 Å². The number of nitrogens with zero attached hydrogens (tertiary/aromatic N) is 4. The highest BCUT2D eigenvalue weighted by molar-refractivity contribution is 7.14. The SMILES string of the molecule is COc1ccc(-c2csc(NC(=O)CCN3CCN(Cc4cccc([N+](=O)[O-])c4)CC3)n2)cc1. The van der Waals surface area contributed by atoms with E-state index in [2.05, 4.69) is 20.1 Å². The van der Waals surface area contributed by atoms with E-state index in [1.54, 1.807) is 19.2 Å². The molecule has 1 N–H and O–H groups in total. The average molecular weight is 482 g/mol. The van der Waals surface area contributed by atoms with Crippen LogP contribution in [0.3, 0.4) is 0 Å². The van der Waals surface area contributed by atoms with Gasteiger partial charge < -0.3 is 15.0 Å². The minimum Gasteiger partial charge on any atom is -0.497 e. The number of nitrogens with one attached hydrogen (secondary N) is 1. The summed E-state index contributed by atoms with van der Waals surface area (Å²) in [7, 11) is 1.63. The van der Waals surface area contributed by atoms with Crippen LogP contribution in [0.1, 0.15) is 12.0 Å². The van der Waals surface area contributed by atoms with Crippen LogP contribution in [0, 0.1) is 10.1 Å². The molecule has 2 aromatic carbocycles. The lowest BCUT2D eigenvalue weighted by atomic mass is 10.1. The molecule has 1 fully saturated rings. The normalized spacial score (nSPS) is 14.6. The second-order valence-corrected chi connectivity index (χ2v) is 8.97. The first-order valence-electron chi connectivity index (χ1n) is 11.1. The van der Waals surface area contributed by atoms with Crippen molar-refractivity contribution in [1.82, 2.24) is 14.8 Å². The Morgan fingerprint density at radius 1 is 1.15 bits per heavy atom. The molecule has 1 aliphatic rings. The summed E-state index contributed by atoms with van der Waals surface area (Å²) in [5, 5.41) is 16.4. The topological polar surface area (TPSA) is 101 Å².